The highest BCUT2D eigenvalue weighted by Gasteiger charge is 2.10. The van der Waals surface area contributed by atoms with Gasteiger partial charge in [0.2, 0.25) is 5.91 Å². The summed E-state index contributed by atoms with van der Waals surface area (Å²) in [6.45, 7) is 3.12. The Balaban J connectivity index is 1.94. The van der Waals surface area contributed by atoms with Crippen LogP contribution in [-0.2, 0) is 14.3 Å². The molecule has 1 amide bonds. The van der Waals surface area contributed by atoms with Gasteiger partial charge in [0.05, 0.1) is 19.2 Å². The molecule has 0 spiro atoms. The topological polar surface area (TPSA) is 81.7 Å². The molecule has 1 saturated heterocycles. The molecule has 0 radical (unpaired) electrons. The SMILES string of the molecule is O=C([O-])/C=C/C(=O)Nc1ccc(N2CCOCC2)cc1. The number of morpholine rings is 1. The van der Waals surface area contributed by atoms with Gasteiger partial charge in [0, 0.05) is 30.5 Å². The van der Waals surface area contributed by atoms with Gasteiger partial charge in [0.1, 0.15) is 0 Å². The number of nitrogens with zero attached hydrogens (tertiary/aromatic N) is 1. The molecule has 1 aliphatic heterocycles. The third kappa shape index (κ3) is 4.10. The Kier molecular flexibility index (Phi) is 4.73. The average Bonchev–Trinajstić information content (AvgIpc) is 2.47. The van der Waals surface area contributed by atoms with Crippen molar-refractivity contribution in [1.82, 2.24) is 0 Å². The molecule has 1 aromatic rings. The van der Waals surface area contributed by atoms with E-state index in [0.29, 0.717) is 25.0 Å². The number of benzene rings is 1. The molecule has 0 atom stereocenters. The fourth-order valence-corrected chi connectivity index (χ4v) is 1.90. The number of hydrogen-bond acceptors (Lipinski definition) is 5. The van der Waals surface area contributed by atoms with Gasteiger partial charge in [0.15, 0.2) is 0 Å². The number of carbonyl (C=O) groups is 2. The quantitative estimate of drug-likeness (QED) is 0.767. The summed E-state index contributed by atoms with van der Waals surface area (Å²) in [6, 6.07) is 7.36. The lowest BCUT2D eigenvalue weighted by atomic mass is 10.2. The van der Waals surface area contributed by atoms with Crippen LogP contribution in [0, 0.1) is 0 Å². The van der Waals surface area contributed by atoms with E-state index in [0.717, 1.165) is 24.9 Å². The smallest absolute Gasteiger partial charge is 0.248 e. The Morgan fingerprint density at radius 2 is 1.80 bits per heavy atom. The summed E-state index contributed by atoms with van der Waals surface area (Å²) < 4.78 is 5.28. The van der Waals surface area contributed by atoms with E-state index in [-0.39, 0.29) is 0 Å². The van der Waals surface area contributed by atoms with Crippen molar-refractivity contribution in [3.05, 3.63) is 36.4 Å². The van der Waals surface area contributed by atoms with Crippen molar-refractivity contribution < 1.29 is 19.4 Å². The van der Waals surface area contributed by atoms with Crippen molar-refractivity contribution >= 4 is 23.3 Å². The first-order chi connectivity index (χ1) is 9.65. The number of hydrogen-bond donors (Lipinski definition) is 1. The standard InChI is InChI=1S/C14H16N2O4/c17-13(5-6-14(18)19)15-11-1-3-12(4-2-11)16-7-9-20-10-8-16/h1-6H,7-10H2,(H,15,17)(H,18,19)/p-1/b6-5+. The minimum Gasteiger partial charge on any atom is -0.545 e. The minimum absolute atomic E-state index is 0.506. The molecule has 0 unspecified atom stereocenters. The molecule has 0 bridgehead atoms. The van der Waals surface area contributed by atoms with Gasteiger partial charge in [-0.15, -0.1) is 0 Å². The van der Waals surface area contributed by atoms with Crippen LogP contribution in [0.4, 0.5) is 11.4 Å². The molecule has 0 saturated carbocycles. The molecule has 1 N–H and O–H groups in total. The Hall–Kier alpha value is -2.34. The van der Waals surface area contributed by atoms with E-state index in [1.807, 2.05) is 12.1 Å². The molecular weight excluding hydrogens is 260 g/mol. The van der Waals surface area contributed by atoms with Crippen molar-refractivity contribution in [1.29, 1.82) is 0 Å². The number of carboxylic acid groups (broad SMARTS) is 1. The number of ether oxygens (including phenoxy) is 1. The summed E-state index contributed by atoms with van der Waals surface area (Å²) in [5.41, 5.74) is 1.67. The summed E-state index contributed by atoms with van der Waals surface area (Å²) in [7, 11) is 0. The monoisotopic (exact) mass is 275 g/mol. The number of anilines is 2. The summed E-state index contributed by atoms with van der Waals surface area (Å²) >= 11 is 0. The maximum absolute atomic E-state index is 11.4. The van der Waals surface area contributed by atoms with Gasteiger partial charge in [-0.3, -0.25) is 4.79 Å². The van der Waals surface area contributed by atoms with Crippen LogP contribution in [0.15, 0.2) is 36.4 Å². The molecule has 6 heteroatoms. The van der Waals surface area contributed by atoms with Crippen LogP contribution in [-0.4, -0.2) is 38.2 Å². The summed E-state index contributed by atoms with van der Waals surface area (Å²) in [5, 5.41) is 12.7. The van der Waals surface area contributed by atoms with Crippen molar-refractivity contribution in [3.63, 3.8) is 0 Å². The zero-order valence-corrected chi connectivity index (χ0v) is 10.9. The normalized spacial score (nSPS) is 15.3. The van der Waals surface area contributed by atoms with Crippen LogP contribution in [0.25, 0.3) is 0 Å². The van der Waals surface area contributed by atoms with Crippen molar-refractivity contribution in [2.75, 3.05) is 36.5 Å². The predicted octanol–water partition coefficient (Wildman–Crippen LogP) is -0.232. The average molecular weight is 275 g/mol. The number of rotatable bonds is 4. The Labute approximate surface area is 116 Å². The largest absolute Gasteiger partial charge is 0.545 e. The van der Waals surface area contributed by atoms with Crippen molar-refractivity contribution in [2.45, 2.75) is 0 Å². The number of carboxylic acids is 1. The lowest BCUT2D eigenvalue weighted by Gasteiger charge is -2.28. The summed E-state index contributed by atoms with van der Waals surface area (Å²) in [4.78, 5) is 23.8. The van der Waals surface area contributed by atoms with Gasteiger partial charge in [0.25, 0.3) is 0 Å². The minimum atomic E-state index is -1.40. The highest BCUT2D eigenvalue weighted by molar-refractivity contribution is 6.02. The molecule has 1 aromatic carbocycles. The Bertz CT molecular complexity index is 504. The van der Waals surface area contributed by atoms with Gasteiger partial charge >= 0.3 is 0 Å². The summed E-state index contributed by atoms with van der Waals surface area (Å²) in [6.07, 6.45) is 1.61. The lowest BCUT2D eigenvalue weighted by Crippen LogP contribution is -2.36. The fraction of sp³-hybridized carbons (Fsp3) is 0.286. The second-order valence-corrected chi connectivity index (χ2v) is 4.29. The van der Waals surface area contributed by atoms with E-state index < -0.39 is 11.9 Å². The number of amides is 1. The van der Waals surface area contributed by atoms with E-state index >= 15 is 0 Å². The van der Waals surface area contributed by atoms with Crippen LogP contribution in [0.3, 0.4) is 0 Å². The molecule has 1 heterocycles. The molecule has 0 aliphatic carbocycles. The van der Waals surface area contributed by atoms with Crippen molar-refractivity contribution in [3.8, 4) is 0 Å². The first kappa shape index (κ1) is 14.1. The second kappa shape index (κ2) is 6.72. The highest BCUT2D eigenvalue weighted by atomic mass is 16.5. The maximum atomic E-state index is 11.4. The second-order valence-electron chi connectivity index (χ2n) is 4.29. The van der Waals surface area contributed by atoms with E-state index in [9.17, 15) is 14.7 Å². The molecule has 1 fully saturated rings. The zero-order valence-electron chi connectivity index (χ0n) is 10.9. The molecule has 106 valence electrons. The number of nitrogens with one attached hydrogen (secondary N) is 1. The number of aliphatic carboxylic acids is 1. The highest BCUT2D eigenvalue weighted by Crippen LogP contribution is 2.18. The Morgan fingerprint density at radius 3 is 2.40 bits per heavy atom. The van der Waals surface area contributed by atoms with E-state index in [2.05, 4.69) is 10.2 Å². The van der Waals surface area contributed by atoms with Crippen LogP contribution in [0.5, 0.6) is 0 Å². The van der Waals surface area contributed by atoms with E-state index in [1.165, 1.54) is 0 Å². The van der Waals surface area contributed by atoms with E-state index in [1.54, 1.807) is 12.1 Å². The molecule has 6 nitrogen and oxygen atoms in total. The predicted molar refractivity (Wildman–Crippen MR) is 72.3 cm³/mol. The zero-order chi connectivity index (χ0) is 14.4. The maximum Gasteiger partial charge on any atom is 0.248 e. The first-order valence-corrected chi connectivity index (χ1v) is 6.28. The first-order valence-electron chi connectivity index (χ1n) is 6.28. The van der Waals surface area contributed by atoms with Crippen LogP contribution < -0.4 is 15.3 Å². The van der Waals surface area contributed by atoms with Gasteiger partial charge in [-0.1, -0.05) is 0 Å². The van der Waals surface area contributed by atoms with Gasteiger partial charge in [-0.25, -0.2) is 0 Å². The molecular formula is C14H15N2O4-. The third-order valence-corrected chi connectivity index (χ3v) is 2.88. The van der Waals surface area contributed by atoms with Crippen LogP contribution in [0.1, 0.15) is 0 Å². The molecule has 1 aliphatic rings. The molecule has 0 aromatic heterocycles. The Morgan fingerprint density at radius 1 is 1.15 bits per heavy atom. The van der Waals surface area contributed by atoms with Crippen LogP contribution >= 0.6 is 0 Å². The van der Waals surface area contributed by atoms with Gasteiger partial charge in [-0.2, -0.15) is 0 Å². The third-order valence-electron chi connectivity index (χ3n) is 2.88. The van der Waals surface area contributed by atoms with Gasteiger partial charge in [-0.05, 0) is 30.3 Å². The molecule has 2 rings (SSSR count). The fourth-order valence-electron chi connectivity index (χ4n) is 1.90. The van der Waals surface area contributed by atoms with Crippen molar-refractivity contribution in [2.24, 2.45) is 0 Å². The van der Waals surface area contributed by atoms with Crippen LogP contribution in [0.2, 0.25) is 0 Å². The summed E-state index contributed by atoms with van der Waals surface area (Å²) in [5.74, 6) is -1.91. The lowest BCUT2D eigenvalue weighted by molar-refractivity contribution is -0.297. The van der Waals surface area contributed by atoms with E-state index in [4.69, 9.17) is 4.74 Å². The molecule has 20 heavy (non-hydrogen) atoms. The number of carbonyl (C=O) groups excluding carboxylic acids is 2. The van der Waals surface area contributed by atoms with Gasteiger partial charge < -0.3 is 24.9 Å².